The zero-order valence-corrected chi connectivity index (χ0v) is 8.91. The van der Waals surface area contributed by atoms with E-state index < -0.39 is 0 Å². The molecule has 0 spiro atoms. The van der Waals surface area contributed by atoms with Gasteiger partial charge in [0.25, 0.3) is 0 Å². The Bertz CT molecular complexity index is 295. The summed E-state index contributed by atoms with van der Waals surface area (Å²) < 4.78 is 0. The smallest absolute Gasteiger partial charge is 0.0774 e. The van der Waals surface area contributed by atoms with Crippen molar-refractivity contribution in [3.63, 3.8) is 0 Å². The second-order valence-corrected chi connectivity index (χ2v) is 4.13. The first-order chi connectivity index (χ1) is 5.86. The standard InChI is InChI=1S/C9H9BrOS/c10-6-2-1-3-8-4-5-9(7-11)12-8/h4-5,11H,2,6-7H2. The quantitative estimate of drug-likeness (QED) is 0.626. The van der Waals surface area contributed by atoms with Crippen molar-refractivity contribution in [3.05, 3.63) is 21.9 Å². The Hall–Kier alpha value is -0.300. The van der Waals surface area contributed by atoms with Crippen LogP contribution < -0.4 is 0 Å². The van der Waals surface area contributed by atoms with Gasteiger partial charge in [-0.15, -0.1) is 11.3 Å². The van der Waals surface area contributed by atoms with Crippen LogP contribution in [0.3, 0.4) is 0 Å². The minimum absolute atomic E-state index is 0.116. The third-order valence-electron chi connectivity index (χ3n) is 1.25. The highest BCUT2D eigenvalue weighted by Crippen LogP contribution is 2.14. The summed E-state index contributed by atoms with van der Waals surface area (Å²) in [7, 11) is 0. The summed E-state index contributed by atoms with van der Waals surface area (Å²) >= 11 is 4.85. The zero-order valence-electron chi connectivity index (χ0n) is 6.51. The summed E-state index contributed by atoms with van der Waals surface area (Å²) in [6.07, 6.45) is 0.867. The number of aliphatic hydroxyl groups is 1. The minimum atomic E-state index is 0.116. The van der Waals surface area contributed by atoms with E-state index >= 15 is 0 Å². The summed E-state index contributed by atoms with van der Waals surface area (Å²) in [4.78, 5) is 2.00. The maximum atomic E-state index is 8.78. The van der Waals surface area contributed by atoms with Crippen molar-refractivity contribution < 1.29 is 5.11 Å². The molecule has 0 aliphatic rings. The van der Waals surface area contributed by atoms with E-state index in [9.17, 15) is 0 Å². The molecular weight excluding hydrogens is 236 g/mol. The van der Waals surface area contributed by atoms with Crippen LogP contribution in [0.4, 0.5) is 0 Å². The Labute approximate surface area is 84.6 Å². The van der Waals surface area contributed by atoms with Gasteiger partial charge in [-0.2, -0.15) is 0 Å². The van der Waals surface area contributed by atoms with Crippen molar-refractivity contribution in [1.29, 1.82) is 0 Å². The van der Waals surface area contributed by atoms with Crippen LogP contribution in [0.25, 0.3) is 0 Å². The van der Waals surface area contributed by atoms with Crippen molar-refractivity contribution in [1.82, 2.24) is 0 Å². The van der Waals surface area contributed by atoms with Gasteiger partial charge >= 0.3 is 0 Å². The fourth-order valence-electron chi connectivity index (χ4n) is 0.727. The molecule has 0 aliphatic carbocycles. The first-order valence-corrected chi connectivity index (χ1v) is 5.55. The molecule has 0 bridgehead atoms. The minimum Gasteiger partial charge on any atom is -0.391 e. The Kier molecular flexibility index (Phi) is 4.37. The molecule has 1 nitrogen and oxygen atoms in total. The molecule has 0 aromatic carbocycles. The van der Waals surface area contributed by atoms with Crippen LogP contribution in [-0.2, 0) is 6.61 Å². The summed E-state index contributed by atoms with van der Waals surface area (Å²) in [6.45, 7) is 0.116. The molecule has 0 atom stereocenters. The number of halogens is 1. The maximum absolute atomic E-state index is 8.78. The average molecular weight is 245 g/mol. The SMILES string of the molecule is OCc1ccc(C#CCCBr)s1. The number of aliphatic hydroxyl groups excluding tert-OH is 1. The van der Waals surface area contributed by atoms with Crippen molar-refractivity contribution in [2.75, 3.05) is 5.33 Å². The molecule has 1 N–H and O–H groups in total. The van der Waals surface area contributed by atoms with Gasteiger partial charge in [0.05, 0.1) is 11.5 Å². The highest BCUT2D eigenvalue weighted by molar-refractivity contribution is 9.09. The highest BCUT2D eigenvalue weighted by atomic mass is 79.9. The van der Waals surface area contributed by atoms with Gasteiger partial charge in [-0.1, -0.05) is 27.8 Å². The van der Waals surface area contributed by atoms with E-state index in [1.807, 2.05) is 12.1 Å². The number of rotatable bonds is 2. The third-order valence-corrected chi connectivity index (χ3v) is 2.63. The Morgan fingerprint density at radius 3 is 2.92 bits per heavy atom. The fraction of sp³-hybridized carbons (Fsp3) is 0.333. The molecule has 64 valence electrons. The van der Waals surface area contributed by atoms with Crippen molar-refractivity contribution in [3.8, 4) is 11.8 Å². The Morgan fingerprint density at radius 2 is 2.33 bits per heavy atom. The second-order valence-electron chi connectivity index (χ2n) is 2.16. The molecule has 3 heteroatoms. The van der Waals surface area contributed by atoms with Crippen LogP contribution in [-0.4, -0.2) is 10.4 Å². The Morgan fingerprint density at radius 1 is 1.50 bits per heavy atom. The molecule has 0 saturated heterocycles. The van der Waals surface area contributed by atoms with Crippen LogP contribution in [0, 0.1) is 11.8 Å². The second kappa shape index (κ2) is 5.36. The van der Waals surface area contributed by atoms with Gasteiger partial charge < -0.3 is 5.11 Å². The number of hydrogen-bond acceptors (Lipinski definition) is 2. The monoisotopic (exact) mass is 244 g/mol. The van der Waals surface area contributed by atoms with Gasteiger partial charge in [0.1, 0.15) is 0 Å². The van der Waals surface area contributed by atoms with E-state index in [0.29, 0.717) is 0 Å². The molecule has 1 aromatic heterocycles. The largest absolute Gasteiger partial charge is 0.391 e. The normalized spacial score (nSPS) is 9.17. The lowest BCUT2D eigenvalue weighted by Gasteiger charge is -1.81. The van der Waals surface area contributed by atoms with Gasteiger partial charge in [-0.25, -0.2) is 0 Å². The molecule has 0 amide bonds. The van der Waals surface area contributed by atoms with Crippen LogP contribution >= 0.6 is 27.3 Å². The molecule has 0 unspecified atom stereocenters. The topological polar surface area (TPSA) is 20.2 Å². The van der Waals surface area contributed by atoms with E-state index in [0.717, 1.165) is 21.5 Å². The molecule has 1 heterocycles. The number of alkyl halides is 1. The zero-order chi connectivity index (χ0) is 8.81. The van der Waals surface area contributed by atoms with Gasteiger partial charge in [-0.05, 0) is 12.1 Å². The molecule has 0 radical (unpaired) electrons. The molecule has 12 heavy (non-hydrogen) atoms. The highest BCUT2D eigenvalue weighted by Gasteiger charge is 1.93. The van der Waals surface area contributed by atoms with Crippen molar-refractivity contribution in [2.45, 2.75) is 13.0 Å². The van der Waals surface area contributed by atoms with Gasteiger partial charge in [0, 0.05) is 16.6 Å². The Balaban J connectivity index is 2.59. The number of thiophene rings is 1. The van der Waals surface area contributed by atoms with Crippen LogP contribution in [0.15, 0.2) is 12.1 Å². The summed E-state index contributed by atoms with van der Waals surface area (Å²) in [5.74, 6) is 6.05. The van der Waals surface area contributed by atoms with E-state index in [2.05, 4.69) is 27.8 Å². The van der Waals surface area contributed by atoms with E-state index in [1.54, 1.807) is 11.3 Å². The molecular formula is C9H9BrOS. The maximum Gasteiger partial charge on any atom is 0.0774 e. The fourth-order valence-corrected chi connectivity index (χ4v) is 1.67. The lowest BCUT2D eigenvalue weighted by Crippen LogP contribution is -1.70. The van der Waals surface area contributed by atoms with Crippen LogP contribution in [0.1, 0.15) is 16.2 Å². The van der Waals surface area contributed by atoms with Crippen LogP contribution in [0.5, 0.6) is 0 Å². The summed E-state index contributed by atoms with van der Waals surface area (Å²) in [6, 6.07) is 3.85. The molecule has 0 saturated carbocycles. The summed E-state index contributed by atoms with van der Waals surface area (Å²) in [5, 5.41) is 9.69. The predicted octanol–water partition coefficient (Wildman–Crippen LogP) is 2.38. The van der Waals surface area contributed by atoms with Crippen molar-refractivity contribution in [2.24, 2.45) is 0 Å². The first-order valence-electron chi connectivity index (χ1n) is 3.61. The lowest BCUT2D eigenvalue weighted by molar-refractivity contribution is 0.285. The number of hydrogen-bond donors (Lipinski definition) is 1. The molecule has 0 aliphatic heterocycles. The average Bonchev–Trinajstić information content (AvgIpc) is 2.53. The first kappa shape index (κ1) is 9.79. The van der Waals surface area contributed by atoms with Gasteiger partial charge in [-0.3, -0.25) is 0 Å². The van der Waals surface area contributed by atoms with Gasteiger partial charge in [0.15, 0.2) is 0 Å². The van der Waals surface area contributed by atoms with E-state index in [1.165, 1.54) is 0 Å². The third kappa shape index (κ3) is 2.98. The van der Waals surface area contributed by atoms with Crippen LogP contribution in [0.2, 0.25) is 0 Å². The lowest BCUT2D eigenvalue weighted by atomic mass is 10.4. The summed E-state index contributed by atoms with van der Waals surface area (Å²) in [5.41, 5.74) is 0. The molecule has 0 fully saturated rings. The van der Waals surface area contributed by atoms with E-state index in [4.69, 9.17) is 5.11 Å². The van der Waals surface area contributed by atoms with Crippen molar-refractivity contribution >= 4 is 27.3 Å². The molecule has 1 aromatic rings. The van der Waals surface area contributed by atoms with Gasteiger partial charge in [0.2, 0.25) is 0 Å². The predicted molar refractivity (Wildman–Crippen MR) is 55.5 cm³/mol. The van der Waals surface area contributed by atoms with E-state index in [-0.39, 0.29) is 6.61 Å². The molecule has 1 rings (SSSR count).